The average molecular weight is 330 g/mol. The van der Waals surface area contributed by atoms with Crippen LogP contribution in [0.4, 0.5) is 0 Å². The number of benzene rings is 1. The molecule has 2 heterocycles. The molecule has 116 valence electrons. The van der Waals surface area contributed by atoms with Crippen molar-refractivity contribution in [3.8, 4) is 0 Å². The molecule has 2 aliphatic rings. The number of hydrogen-bond donors (Lipinski definition) is 1. The largest absolute Gasteiger partial charge is 0.378 e. The van der Waals surface area contributed by atoms with Gasteiger partial charge in [0.2, 0.25) is 0 Å². The highest BCUT2D eigenvalue weighted by atomic mass is 35.5. The lowest BCUT2D eigenvalue weighted by molar-refractivity contribution is -0.103. The zero-order chi connectivity index (χ0) is 14.9. The van der Waals surface area contributed by atoms with Gasteiger partial charge < -0.3 is 14.8 Å². The molecule has 2 fully saturated rings. The fourth-order valence-corrected chi connectivity index (χ4v) is 4.14. The van der Waals surface area contributed by atoms with Gasteiger partial charge in [-0.05, 0) is 43.5 Å². The molecule has 5 heteroatoms. The number of halogens is 2. The predicted octanol–water partition coefficient (Wildman–Crippen LogP) is 3.84. The van der Waals surface area contributed by atoms with Crippen molar-refractivity contribution in [1.82, 2.24) is 5.32 Å². The number of ether oxygens (including phenoxy) is 2. The minimum Gasteiger partial charge on any atom is -0.378 e. The lowest BCUT2D eigenvalue weighted by atomic mass is 9.79. The maximum Gasteiger partial charge on any atom is 0.0940 e. The Morgan fingerprint density at radius 2 is 2.19 bits per heavy atom. The molecular formula is C16H21Cl2NO2. The van der Waals surface area contributed by atoms with Crippen LogP contribution < -0.4 is 5.32 Å². The highest BCUT2D eigenvalue weighted by Crippen LogP contribution is 2.42. The fraction of sp³-hybridized carbons (Fsp3) is 0.625. The van der Waals surface area contributed by atoms with Crippen LogP contribution in [-0.2, 0) is 9.47 Å². The normalized spacial score (nSPS) is 30.7. The van der Waals surface area contributed by atoms with Crippen LogP contribution in [-0.4, -0.2) is 32.5 Å². The van der Waals surface area contributed by atoms with Crippen LogP contribution in [0.3, 0.4) is 0 Å². The molecule has 3 unspecified atom stereocenters. The summed E-state index contributed by atoms with van der Waals surface area (Å²) in [5, 5.41) is 4.83. The first-order chi connectivity index (χ1) is 10.1. The molecular weight excluding hydrogens is 309 g/mol. The molecule has 0 aromatic heterocycles. The summed E-state index contributed by atoms with van der Waals surface area (Å²) in [6.07, 6.45) is 3.04. The number of rotatable bonds is 3. The molecule has 21 heavy (non-hydrogen) atoms. The molecule has 3 nitrogen and oxygen atoms in total. The third-order valence-electron chi connectivity index (χ3n) is 4.68. The standard InChI is InChI=1S/C16H21Cl2NO2/c1-19-15(13-3-2-12(17)8-14(13)18)11-4-6-21-16(9-11)5-7-20-10-16/h2-3,8,11,15,19H,4-7,9-10H2,1H3. The van der Waals surface area contributed by atoms with Crippen molar-refractivity contribution in [2.24, 2.45) is 5.92 Å². The average Bonchev–Trinajstić information content (AvgIpc) is 2.90. The summed E-state index contributed by atoms with van der Waals surface area (Å²) in [5.74, 6) is 0.490. The van der Waals surface area contributed by atoms with Gasteiger partial charge in [0.25, 0.3) is 0 Å². The van der Waals surface area contributed by atoms with Gasteiger partial charge in [0.05, 0.1) is 12.2 Å². The maximum atomic E-state index is 6.39. The van der Waals surface area contributed by atoms with Gasteiger partial charge >= 0.3 is 0 Å². The van der Waals surface area contributed by atoms with Crippen molar-refractivity contribution >= 4 is 23.2 Å². The summed E-state index contributed by atoms with van der Waals surface area (Å²) >= 11 is 12.4. The smallest absolute Gasteiger partial charge is 0.0940 e. The Kier molecular flexibility index (Phi) is 4.77. The molecule has 0 bridgehead atoms. The number of hydrogen-bond acceptors (Lipinski definition) is 3. The van der Waals surface area contributed by atoms with E-state index in [4.69, 9.17) is 32.7 Å². The first-order valence-electron chi connectivity index (χ1n) is 7.47. The van der Waals surface area contributed by atoms with Crippen LogP contribution in [0.25, 0.3) is 0 Å². The van der Waals surface area contributed by atoms with Gasteiger partial charge in [-0.2, -0.15) is 0 Å². The van der Waals surface area contributed by atoms with Crippen molar-refractivity contribution in [3.05, 3.63) is 33.8 Å². The summed E-state index contributed by atoms with van der Waals surface area (Å²) in [6.45, 7) is 2.31. The third kappa shape index (κ3) is 3.22. The fourth-order valence-electron chi connectivity index (χ4n) is 3.61. The summed E-state index contributed by atoms with van der Waals surface area (Å²) in [7, 11) is 1.99. The van der Waals surface area contributed by atoms with Crippen molar-refractivity contribution in [1.29, 1.82) is 0 Å². The zero-order valence-corrected chi connectivity index (χ0v) is 13.7. The van der Waals surface area contributed by atoms with Crippen LogP contribution in [0.15, 0.2) is 18.2 Å². The first kappa shape index (κ1) is 15.6. The van der Waals surface area contributed by atoms with Crippen molar-refractivity contribution in [3.63, 3.8) is 0 Å². The second-order valence-electron chi connectivity index (χ2n) is 6.02. The minimum absolute atomic E-state index is 0.0864. The van der Waals surface area contributed by atoms with E-state index in [1.54, 1.807) is 0 Å². The monoisotopic (exact) mass is 329 g/mol. The second kappa shape index (κ2) is 6.43. The highest BCUT2D eigenvalue weighted by Gasteiger charge is 2.43. The van der Waals surface area contributed by atoms with Gasteiger partial charge in [0.1, 0.15) is 0 Å². The zero-order valence-electron chi connectivity index (χ0n) is 12.2. The van der Waals surface area contributed by atoms with Crippen LogP contribution in [0.2, 0.25) is 10.0 Å². The summed E-state index contributed by atoms with van der Waals surface area (Å²) < 4.78 is 11.6. The summed E-state index contributed by atoms with van der Waals surface area (Å²) in [4.78, 5) is 0. The van der Waals surface area contributed by atoms with E-state index in [2.05, 4.69) is 5.32 Å². The van der Waals surface area contributed by atoms with E-state index in [0.29, 0.717) is 17.5 Å². The molecule has 3 atom stereocenters. The predicted molar refractivity (Wildman–Crippen MR) is 85.1 cm³/mol. The molecule has 1 aromatic carbocycles. The lowest BCUT2D eigenvalue weighted by Crippen LogP contribution is -2.43. The molecule has 0 amide bonds. The molecule has 0 radical (unpaired) electrons. The Morgan fingerprint density at radius 3 is 2.86 bits per heavy atom. The Hall–Kier alpha value is -0.320. The molecule has 1 N–H and O–H groups in total. The quantitative estimate of drug-likeness (QED) is 0.913. The van der Waals surface area contributed by atoms with Gasteiger partial charge in [-0.3, -0.25) is 0 Å². The Bertz CT molecular complexity index is 503. The highest BCUT2D eigenvalue weighted by molar-refractivity contribution is 6.35. The van der Waals surface area contributed by atoms with Crippen molar-refractivity contribution in [2.45, 2.75) is 30.9 Å². The Labute approximate surface area is 135 Å². The van der Waals surface area contributed by atoms with Gasteiger partial charge in [-0.15, -0.1) is 0 Å². The van der Waals surface area contributed by atoms with E-state index >= 15 is 0 Å². The van der Waals surface area contributed by atoms with Gasteiger partial charge in [-0.1, -0.05) is 29.3 Å². The summed E-state index contributed by atoms with van der Waals surface area (Å²) in [6, 6.07) is 5.97. The molecule has 1 spiro atoms. The Balaban J connectivity index is 1.82. The SMILES string of the molecule is CNC(c1ccc(Cl)cc1Cl)C1CCOC2(CCOC2)C1. The molecule has 0 aliphatic carbocycles. The first-order valence-corrected chi connectivity index (χ1v) is 8.23. The maximum absolute atomic E-state index is 6.39. The number of nitrogens with one attached hydrogen (secondary N) is 1. The van der Waals surface area contributed by atoms with Crippen LogP contribution in [0.5, 0.6) is 0 Å². The van der Waals surface area contributed by atoms with E-state index in [1.807, 2.05) is 25.2 Å². The second-order valence-corrected chi connectivity index (χ2v) is 6.86. The molecule has 2 aliphatic heterocycles. The van der Waals surface area contributed by atoms with Crippen molar-refractivity contribution < 1.29 is 9.47 Å². The Morgan fingerprint density at radius 1 is 1.33 bits per heavy atom. The minimum atomic E-state index is -0.0864. The molecule has 2 saturated heterocycles. The molecule has 0 saturated carbocycles. The summed E-state index contributed by atoms with van der Waals surface area (Å²) in [5.41, 5.74) is 1.03. The van der Waals surface area contributed by atoms with Crippen molar-refractivity contribution in [2.75, 3.05) is 26.9 Å². The van der Waals surface area contributed by atoms with Gasteiger partial charge in [0.15, 0.2) is 0 Å². The van der Waals surface area contributed by atoms with Crippen LogP contribution >= 0.6 is 23.2 Å². The van der Waals surface area contributed by atoms with E-state index in [9.17, 15) is 0 Å². The van der Waals surface area contributed by atoms with Crippen LogP contribution in [0, 0.1) is 5.92 Å². The topological polar surface area (TPSA) is 30.5 Å². The van der Waals surface area contributed by atoms with Crippen LogP contribution in [0.1, 0.15) is 30.9 Å². The van der Waals surface area contributed by atoms with E-state index in [-0.39, 0.29) is 11.6 Å². The van der Waals surface area contributed by atoms with E-state index in [0.717, 1.165) is 43.1 Å². The third-order valence-corrected chi connectivity index (χ3v) is 5.24. The molecule has 1 aromatic rings. The van der Waals surface area contributed by atoms with E-state index in [1.165, 1.54) is 0 Å². The van der Waals surface area contributed by atoms with Gasteiger partial charge in [0, 0.05) is 35.7 Å². The lowest BCUT2D eigenvalue weighted by Gasteiger charge is -2.40. The van der Waals surface area contributed by atoms with Gasteiger partial charge in [-0.25, -0.2) is 0 Å². The molecule has 3 rings (SSSR count). The van der Waals surface area contributed by atoms with E-state index < -0.39 is 0 Å².